The lowest BCUT2D eigenvalue weighted by Crippen LogP contribution is -2.46. The zero-order valence-corrected chi connectivity index (χ0v) is 22.5. The van der Waals surface area contributed by atoms with Crippen LogP contribution in [0.3, 0.4) is 0 Å². The molecule has 6 heteroatoms. The van der Waals surface area contributed by atoms with E-state index in [1.807, 2.05) is 91.7 Å². The molecule has 0 unspecified atom stereocenters. The molecule has 0 saturated heterocycles. The van der Waals surface area contributed by atoms with Crippen molar-refractivity contribution in [2.24, 2.45) is 0 Å². The number of aryl methyl sites for hydroxylation is 1. The smallest absolute Gasteiger partial charge is 0.242 e. The fourth-order valence-electron chi connectivity index (χ4n) is 4.68. The maximum Gasteiger partial charge on any atom is 0.242 e. The van der Waals surface area contributed by atoms with Gasteiger partial charge in [0.2, 0.25) is 11.8 Å². The van der Waals surface area contributed by atoms with Crippen LogP contribution in [0.15, 0.2) is 85.1 Å². The summed E-state index contributed by atoms with van der Waals surface area (Å²) >= 11 is 0. The van der Waals surface area contributed by atoms with Gasteiger partial charge in [-0.25, -0.2) is 0 Å². The number of aromatic amines is 1. The van der Waals surface area contributed by atoms with Crippen molar-refractivity contribution in [1.29, 1.82) is 0 Å². The fourth-order valence-corrected chi connectivity index (χ4v) is 4.68. The first-order valence-electron chi connectivity index (χ1n) is 13.2. The lowest BCUT2D eigenvalue weighted by molar-refractivity contribution is -0.142. The maximum atomic E-state index is 13.7. The standard InChI is InChI=1S/C32H37N3O3/c1-24(2)35(31(36)18-15-25-9-5-4-6-10-25)23-32(37)34(22-26-13-16-28(38-3)17-14-26)20-19-27-21-33-30-12-8-7-11-29(27)30/h4-14,16-17,21,24,33H,15,18-20,22-23H2,1-3H3. The number of para-hydroxylation sites is 1. The summed E-state index contributed by atoms with van der Waals surface area (Å²) in [5.41, 5.74) is 4.40. The highest BCUT2D eigenvalue weighted by Crippen LogP contribution is 2.20. The van der Waals surface area contributed by atoms with Crippen LogP contribution in [-0.4, -0.2) is 52.8 Å². The summed E-state index contributed by atoms with van der Waals surface area (Å²) in [5, 5.41) is 1.17. The summed E-state index contributed by atoms with van der Waals surface area (Å²) in [7, 11) is 1.64. The van der Waals surface area contributed by atoms with Gasteiger partial charge >= 0.3 is 0 Å². The first kappa shape index (κ1) is 27.0. The highest BCUT2D eigenvalue weighted by atomic mass is 16.5. The molecule has 0 aliphatic heterocycles. The van der Waals surface area contributed by atoms with Crippen LogP contribution in [-0.2, 0) is 29.0 Å². The molecule has 4 rings (SSSR count). The summed E-state index contributed by atoms with van der Waals surface area (Å²) in [6.07, 6.45) is 3.78. The number of ether oxygens (including phenoxy) is 1. The Labute approximate surface area is 225 Å². The van der Waals surface area contributed by atoms with E-state index >= 15 is 0 Å². The molecule has 6 nitrogen and oxygen atoms in total. The fraction of sp³-hybridized carbons (Fsp3) is 0.312. The second kappa shape index (κ2) is 13.0. The number of benzene rings is 3. The van der Waals surface area contributed by atoms with Gasteiger partial charge in [0.1, 0.15) is 5.75 Å². The molecular weight excluding hydrogens is 474 g/mol. The molecule has 2 amide bonds. The van der Waals surface area contributed by atoms with Crippen LogP contribution >= 0.6 is 0 Å². The number of nitrogens with one attached hydrogen (secondary N) is 1. The lowest BCUT2D eigenvalue weighted by atomic mass is 10.1. The molecular formula is C32H37N3O3. The molecule has 0 aliphatic carbocycles. The third-order valence-electron chi connectivity index (χ3n) is 6.93. The molecule has 1 heterocycles. The molecule has 1 N–H and O–H groups in total. The second-order valence-electron chi connectivity index (χ2n) is 9.87. The SMILES string of the molecule is COc1ccc(CN(CCc2c[nH]c3ccccc23)C(=O)CN(C(=O)CCc2ccccc2)C(C)C)cc1. The Kier molecular flexibility index (Phi) is 9.20. The van der Waals surface area contributed by atoms with E-state index in [2.05, 4.69) is 17.1 Å². The second-order valence-corrected chi connectivity index (χ2v) is 9.87. The molecule has 0 radical (unpaired) electrons. The third-order valence-corrected chi connectivity index (χ3v) is 6.93. The zero-order chi connectivity index (χ0) is 26.9. The largest absolute Gasteiger partial charge is 0.497 e. The first-order chi connectivity index (χ1) is 18.4. The van der Waals surface area contributed by atoms with Gasteiger partial charge in [0.05, 0.1) is 13.7 Å². The van der Waals surface area contributed by atoms with Gasteiger partial charge in [-0.2, -0.15) is 0 Å². The van der Waals surface area contributed by atoms with Crippen molar-refractivity contribution in [1.82, 2.24) is 14.8 Å². The zero-order valence-electron chi connectivity index (χ0n) is 22.5. The molecule has 38 heavy (non-hydrogen) atoms. The Bertz CT molecular complexity index is 1330. The van der Waals surface area contributed by atoms with Gasteiger partial charge in [0.25, 0.3) is 0 Å². The summed E-state index contributed by atoms with van der Waals surface area (Å²) in [6.45, 7) is 5.02. The Hall–Kier alpha value is -4.06. The van der Waals surface area contributed by atoms with Gasteiger partial charge in [0, 0.05) is 42.7 Å². The van der Waals surface area contributed by atoms with Crippen molar-refractivity contribution in [3.05, 3.63) is 102 Å². The molecule has 198 valence electrons. The molecule has 4 aromatic rings. The third kappa shape index (κ3) is 7.03. The minimum absolute atomic E-state index is 0.00164. The molecule has 0 atom stereocenters. The Morgan fingerprint density at radius 1 is 0.842 bits per heavy atom. The van der Waals surface area contributed by atoms with E-state index in [4.69, 9.17) is 4.74 Å². The highest BCUT2D eigenvalue weighted by molar-refractivity contribution is 5.86. The van der Waals surface area contributed by atoms with Crippen LogP contribution in [0.2, 0.25) is 0 Å². The number of H-pyrrole nitrogens is 1. The van der Waals surface area contributed by atoms with Crippen molar-refractivity contribution in [3.63, 3.8) is 0 Å². The number of hydrogen-bond donors (Lipinski definition) is 1. The van der Waals surface area contributed by atoms with E-state index in [1.54, 1.807) is 12.0 Å². The van der Waals surface area contributed by atoms with Crippen molar-refractivity contribution in [2.45, 2.75) is 45.7 Å². The average Bonchev–Trinajstić information content (AvgIpc) is 3.36. The van der Waals surface area contributed by atoms with Crippen molar-refractivity contribution in [3.8, 4) is 5.75 Å². The van der Waals surface area contributed by atoms with Gasteiger partial charge in [0.15, 0.2) is 0 Å². The quantitative estimate of drug-likeness (QED) is 0.269. The Morgan fingerprint density at radius 2 is 1.55 bits per heavy atom. The molecule has 0 aliphatic rings. The van der Waals surface area contributed by atoms with Gasteiger partial charge in [-0.3, -0.25) is 9.59 Å². The number of hydrogen-bond acceptors (Lipinski definition) is 3. The molecule has 0 fully saturated rings. The van der Waals surface area contributed by atoms with Crippen molar-refractivity contribution in [2.75, 3.05) is 20.2 Å². The van der Waals surface area contributed by atoms with Crippen LogP contribution in [0.1, 0.15) is 37.0 Å². The van der Waals surface area contributed by atoms with Crippen LogP contribution in [0.5, 0.6) is 5.75 Å². The highest BCUT2D eigenvalue weighted by Gasteiger charge is 2.24. The van der Waals surface area contributed by atoms with E-state index in [9.17, 15) is 9.59 Å². The predicted octanol–water partition coefficient (Wildman–Crippen LogP) is 5.62. The van der Waals surface area contributed by atoms with E-state index in [1.165, 1.54) is 10.9 Å². The summed E-state index contributed by atoms with van der Waals surface area (Å²) in [5.74, 6) is 0.723. The summed E-state index contributed by atoms with van der Waals surface area (Å²) in [6, 6.07) is 25.9. The van der Waals surface area contributed by atoms with Crippen LogP contribution in [0, 0.1) is 0 Å². The number of fused-ring (bicyclic) bond motifs is 1. The molecule has 3 aromatic carbocycles. The van der Waals surface area contributed by atoms with Crippen LogP contribution in [0.25, 0.3) is 10.9 Å². The number of carbonyl (C=O) groups is 2. The number of nitrogens with zero attached hydrogens (tertiary/aromatic N) is 2. The van der Waals surface area contributed by atoms with E-state index in [-0.39, 0.29) is 24.4 Å². The molecule has 0 spiro atoms. The molecule has 1 aromatic heterocycles. The molecule has 0 saturated carbocycles. The van der Waals surface area contributed by atoms with Crippen LogP contribution < -0.4 is 4.74 Å². The number of aromatic nitrogens is 1. The van der Waals surface area contributed by atoms with Gasteiger partial charge in [-0.1, -0.05) is 60.7 Å². The first-order valence-corrected chi connectivity index (χ1v) is 13.2. The molecule has 0 bridgehead atoms. The number of methoxy groups -OCH3 is 1. The van der Waals surface area contributed by atoms with E-state index < -0.39 is 0 Å². The lowest BCUT2D eigenvalue weighted by Gasteiger charge is -2.30. The number of rotatable bonds is 12. The monoisotopic (exact) mass is 511 g/mol. The topological polar surface area (TPSA) is 65.6 Å². The van der Waals surface area contributed by atoms with E-state index in [0.717, 1.165) is 28.8 Å². The van der Waals surface area contributed by atoms with Crippen LogP contribution in [0.4, 0.5) is 0 Å². The number of carbonyl (C=O) groups excluding carboxylic acids is 2. The Morgan fingerprint density at radius 3 is 2.26 bits per heavy atom. The Balaban J connectivity index is 1.47. The van der Waals surface area contributed by atoms with Crippen molar-refractivity contribution >= 4 is 22.7 Å². The normalized spacial score (nSPS) is 11.1. The maximum absolute atomic E-state index is 13.7. The summed E-state index contributed by atoms with van der Waals surface area (Å²) in [4.78, 5) is 33.8. The minimum Gasteiger partial charge on any atom is -0.497 e. The summed E-state index contributed by atoms with van der Waals surface area (Å²) < 4.78 is 5.29. The van der Waals surface area contributed by atoms with Gasteiger partial charge in [-0.15, -0.1) is 0 Å². The van der Waals surface area contributed by atoms with E-state index in [0.29, 0.717) is 25.9 Å². The minimum atomic E-state index is -0.0707. The average molecular weight is 512 g/mol. The van der Waals surface area contributed by atoms with Gasteiger partial charge in [-0.05, 0) is 61.6 Å². The predicted molar refractivity (Wildman–Crippen MR) is 152 cm³/mol. The van der Waals surface area contributed by atoms with Gasteiger partial charge < -0.3 is 19.5 Å². The van der Waals surface area contributed by atoms with Crippen molar-refractivity contribution < 1.29 is 14.3 Å². The number of amides is 2.